The Morgan fingerprint density at radius 3 is 2.24 bits per heavy atom. The maximum atomic E-state index is 12.9. The molecule has 0 N–H and O–H groups in total. The van der Waals surface area contributed by atoms with Crippen LogP contribution in [0.15, 0.2) is 24.3 Å². The molecule has 0 atom stereocenters. The number of Topliss-reactive ketones (excluding diaryl/α,β-unsaturated/α-hetero) is 1. The first kappa shape index (κ1) is 16.6. The van der Waals surface area contributed by atoms with E-state index in [1.165, 1.54) is 19.3 Å². The molecule has 25 heavy (non-hydrogen) atoms. The molecule has 4 heteroatoms. The molecule has 1 aromatic rings. The molecular weight excluding hydrogens is 314 g/mol. The smallest absolute Gasteiger partial charge is 0.338 e. The van der Waals surface area contributed by atoms with Gasteiger partial charge in [0.25, 0.3) is 0 Å². The van der Waals surface area contributed by atoms with Crippen LogP contribution in [0.1, 0.15) is 48.9 Å². The molecule has 0 aliphatic heterocycles. The van der Waals surface area contributed by atoms with E-state index in [1.807, 2.05) is 31.1 Å². The average molecular weight is 341 g/mol. The molecular formula is C21H27NO3. The molecule has 134 valence electrons. The molecule has 4 nitrogen and oxygen atoms in total. The van der Waals surface area contributed by atoms with E-state index in [0.717, 1.165) is 42.7 Å². The van der Waals surface area contributed by atoms with Crippen LogP contribution >= 0.6 is 0 Å². The number of rotatable bonds is 5. The minimum absolute atomic E-state index is 0.0722. The number of benzene rings is 1. The molecule has 5 rings (SSSR count). The Morgan fingerprint density at radius 2 is 1.68 bits per heavy atom. The Hall–Kier alpha value is -1.84. The van der Waals surface area contributed by atoms with Gasteiger partial charge in [0.2, 0.25) is 0 Å². The van der Waals surface area contributed by atoms with Crippen molar-refractivity contribution >= 4 is 17.4 Å². The summed E-state index contributed by atoms with van der Waals surface area (Å²) in [6.07, 6.45) is 6.99. The second kappa shape index (κ2) is 6.15. The fourth-order valence-corrected chi connectivity index (χ4v) is 5.73. The minimum atomic E-state index is -0.401. The summed E-state index contributed by atoms with van der Waals surface area (Å²) in [5.74, 6) is 1.93. The van der Waals surface area contributed by atoms with Crippen molar-refractivity contribution in [1.82, 2.24) is 0 Å². The Labute approximate surface area is 149 Å². The number of carbonyl (C=O) groups excluding carboxylic acids is 2. The minimum Gasteiger partial charge on any atom is -0.454 e. The van der Waals surface area contributed by atoms with E-state index in [9.17, 15) is 9.59 Å². The van der Waals surface area contributed by atoms with Gasteiger partial charge in [-0.2, -0.15) is 0 Å². The van der Waals surface area contributed by atoms with Gasteiger partial charge in [-0.1, -0.05) is 6.07 Å². The Balaban J connectivity index is 1.40. The van der Waals surface area contributed by atoms with Crippen molar-refractivity contribution in [2.45, 2.75) is 38.5 Å². The molecule has 4 aliphatic rings. The van der Waals surface area contributed by atoms with Crippen molar-refractivity contribution in [3.8, 4) is 0 Å². The third kappa shape index (κ3) is 3.07. The summed E-state index contributed by atoms with van der Waals surface area (Å²) in [5, 5.41) is 0. The van der Waals surface area contributed by atoms with E-state index >= 15 is 0 Å². The summed E-state index contributed by atoms with van der Waals surface area (Å²) in [5.41, 5.74) is 1.26. The maximum absolute atomic E-state index is 12.9. The van der Waals surface area contributed by atoms with Gasteiger partial charge in [0, 0.05) is 25.2 Å². The van der Waals surface area contributed by atoms with Gasteiger partial charge in [-0.15, -0.1) is 0 Å². The molecule has 0 radical (unpaired) electrons. The standard InChI is InChI=1S/C21H27NO3/c1-22(2)18-5-3-4-17(9-18)20(24)25-13-19(23)21-10-14-6-15(11-21)8-16(7-14)12-21/h3-5,9,14-16H,6-8,10-13H2,1-2H3. The molecule has 4 saturated carbocycles. The first-order valence-corrected chi connectivity index (χ1v) is 9.43. The van der Waals surface area contributed by atoms with Crippen LogP contribution in [0, 0.1) is 23.2 Å². The zero-order valence-electron chi connectivity index (χ0n) is 15.2. The van der Waals surface area contributed by atoms with Gasteiger partial charge < -0.3 is 9.64 Å². The first-order chi connectivity index (χ1) is 11.9. The lowest BCUT2D eigenvalue weighted by Crippen LogP contribution is -2.51. The number of ether oxygens (including phenoxy) is 1. The van der Waals surface area contributed by atoms with E-state index in [1.54, 1.807) is 12.1 Å². The largest absolute Gasteiger partial charge is 0.454 e. The fourth-order valence-electron chi connectivity index (χ4n) is 5.73. The molecule has 0 spiro atoms. The molecule has 0 heterocycles. The van der Waals surface area contributed by atoms with Crippen LogP contribution in [-0.2, 0) is 9.53 Å². The van der Waals surface area contributed by atoms with Crippen molar-refractivity contribution in [2.75, 3.05) is 25.6 Å². The van der Waals surface area contributed by atoms with Gasteiger partial charge in [-0.3, -0.25) is 4.79 Å². The molecule has 1 aromatic carbocycles. The van der Waals surface area contributed by atoms with Gasteiger partial charge in [0.15, 0.2) is 12.4 Å². The third-order valence-corrected chi connectivity index (χ3v) is 6.56. The van der Waals surface area contributed by atoms with Crippen LogP contribution in [0.5, 0.6) is 0 Å². The number of esters is 1. The van der Waals surface area contributed by atoms with Crippen molar-refractivity contribution in [2.24, 2.45) is 23.2 Å². The average Bonchev–Trinajstić information content (AvgIpc) is 2.58. The van der Waals surface area contributed by atoms with Gasteiger partial charge in [-0.05, 0) is 74.5 Å². The second-order valence-corrected chi connectivity index (χ2v) is 8.64. The van der Waals surface area contributed by atoms with Crippen molar-refractivity contribution in [3.05, 3.63) is 29.8 Å². The highest BCUT2D eigenvalue weighted by molar-refractivity contribution is 5.94. The van der Waals surface area contributed by atoms with Gasteiger partial charge in [0.1, 0.15) is 0 Å². The van der Waals surface area contributed by atoms with Crippen LogP contribution in [0.4, 0.5) is 5.69 Å². The number of hydrogen-bond donors (Lipinski definition) is 0. The summed E-state index contributed by atoms with van der Waals surface area (Å²) in [6.45, 7) is -0.0722. The third-order valence-electron chi connectivity index (χ3n) is 6.56. The van der Waals surface area contributed by atoms with Gasteiger partial charge in [0.05, 0.1) is 5.56 Å². The number of carbonyl (C=O) groups is 2. The number of anilines is 1. The normalized spacial score (nSPS) is 32.5. The Bertz CT molecular complexity index is 659. The highest BCUT2D eigenvalue weighted by Crippen LogP contribution is 2.60. The van der Waals surface area contributed by atoms with Crippen LogP contribution in [0.3, 0.4) is 0 Å². The van der Waals surface area contributed by atoms with E-state index in [-0.39, 0.29) is 17.8 Å². The van der Waals surface area contributed by atoms with Crippen molar-refractivity contribution in [1.29, 1.82) is 0 Å². The zero-order valence-corrected chi connectivity index (χ0v) is 15.2. The lowest BCUT2D eigenvalue weighted by atomic mass is 9.48. The van der Waals surface area contributed by atoms with Crippen LogP contribution < -0.4 is 4.90 Å². The molecule has 0 saturated heterocycles. The van der Waals surface area contributed by atoms with E-state index in [2.05, 4.69) is 0 Å². The molecule has 0 amide bonds. The summed E-state index contributed by atoms with van der Waals surface area (Å²) in [6, 6.07) is 7.33. The molecule has 4 aliphatic carbocycles. The quantitative estimate of drug-likeness (QED) is 0.766. The zero-order chi connectivity index (χ0) is 17.6. The molecule has 4 bridgehead atoms. The monoisotopic (exact) mass is 341 g/mol. The summed E-state index contributed by atoms with van der Waals surface area (Å²) < 4.78 is 5.41. The Kier molecular flexibility index (Phi) is 4.09. The fraction of sp³-hybridized carbons (Fsp3) is 0.619. The maximum Gasteiger partial charge on any atom is 0.338 e. The topological polar surface area (TPSA) is 46.6 Å². The molecule has 4 fully saturated rings. The van der Waals surface area contributed by atoms with Crippen molar-refractivity contribution < 1.29 is 14.3 Å². The van der Waals surface area contributed by atoms with E-state index in [4.69, 9.17) is 4.74 Å². The summed E-state index contributed by atoms with van der Waals surface area (Å²) >= 11 is 0. The van der Waals surface area contributed by atoms with E-state index in [0.29, 0.717) is 5.56 Å². The lowest BCUT2D eigenvalue weighted by molar-refractivity contribution is -0.147. The number of nitrogens with zero attached hydrogens (tertiary/aromatic N) is 1. The number of ketones is 1. The number of hydrogen-bond acceptors (Lipinski definition) is 4. The van der Waals surface area contributed by atoms with Crippen LogP contribution in [0.2, 0.25) is 0 Å². The van der Waals surface area contributed by atoms with Crippen molar-refractivity contribution in [3.63, 3.8) is 0 Å². The highest BCUT2D eigenvalue weighted by Gasteiger charge is 2.54. The molecule has 0 unspecified atom stereocenters. The predicted molar refractivity (Wildman–Crippen MR) is 96.7 cm³/mol. The lowest BCUT2D eigenvalue weighted by Gasteiger charge is -2.55. The van der Waals surface area contributed by atoms with E-state index < -0.39 is 5.97 Å². The Morgan fingerprint density at radius 1 is 1.08 bits per heavy atom. The van der Waals surface area contributed by atoms with Gasteiger partial charge in [-0.25, -0.2) is 4.79 Å². The predicted octanol–water partition coefficient (Wildman–Crippen LogP) is 3.69. The second-order valence-electron chi connectivity index (χ2n) is 8.64. The van der Waals surface area contributed by atoms with Crippen LogP contribution in [0.25, 0.3) is 0 Å². The SMILES string of the molecule is CN(C)c1cccc(C(=O)OCC(=O)C23CC4CC(CC(C4)C2)C3)c1. The highest BCUT2D eigenvalue weighted by atomic mass is 16.5. The first-order valence-electron chi connectivity index (χ1n) is 9.43. The summed E-state index contributed by atoms with van der Waals surface area (Å²) in [7, 11) is 3.86. The van der Waals surface area contributed by atoms with Crippen LogP contribution in [-0.4, -0.2) is 32.5 Å². The summed E-state index contributed by atoms with van der Waals surface area (Å²) in [4.78, 5) is 27.2. The van der Waals surface area contributed by atoms with Gasteiger partial charge >= 0.3 is 5.97 Å². The molecule has 0 aromatic heterocycles.